The lowest BCUT2D eigenvalue weighted by Crippen LogP contribution is -2.41. The summed E-state index contributed by atoms with van der Waals surface area (Å²) in [6, 6.07) is 14.6. The molecular formula is C23H30N2O3S. The molecule has 156 valence electrons. The fourth-order valence-electron chi connectivity index (χ4n) is 4.00. The van der Waals surface area contributed by atoms with Gasteiger partial charge < -0.3 is 4.90 Å². The molecule has 2 aromatic carbocycles. The first-order valence-electron chi connectivity index (χ1n) is 10.4. The summed E-state index contributed by atoms with van der Waals surface area (Å²) in [7, 11) is -3.72. The Bertz CT molecular complexity index is 936. The normalized spacial score (nSPS) is 15.2. The summed E-state index contributed by atoms with van der Waals surface area (Å²) in [4.78, 5) is 15.2. The summed E-state index contributed by atoms with van der Waals surface area (Å²) < 4.78 is 28.5. The van der Waals surface area contributed by atoms with Crippen LogP contribution in [0.4, 0.5) is 0 Å². The zero-order chi connectivity index (χ0) is 20.9. The monoisotopic (exact) mass is 414 g/mol. The molecule has 0 spiro atoms. The number of hydrogen-bond donors (Lipinski definition) is 1. The Morgan fingerprint density at radius 2 is 1.76 bits per heavy atom. The van der Waals surface area contributed by atoms with Crippen molar-refractivity contribution in [2.24, 2.45) is 0 Å². The minimum Gasteiger partial charge on any atom is -0.336 e. The van der Waals surface area contributed by atoms with E-state index in [2.05, 4.69) is 4.72 Å². The molecule has 1 fully saturated rings. The van der Waals surface area contributed by atoms with E-state index in [0.717, 1.165) is 31.2 Å². The second kappa shape index (κ2) is 9.55. The average Bonchev–Trinajstić information content (AvgIpc) is 2.74. The van der Waals surface area contributed by atoms with Crippen LogP contribution in [0.1, 0.15) is 60.5 Å². The molecule has 29 heavy (non-hydrogen) atoms. The topological polar surface area (TPSA) is 66.5 Å². The van der Waals surface area contributed by atoms with Gasteiger partial charge in [-0.2, -0.15) is 0 Å². The molecule has 1 aliphatic rings. The highest BCUT2D eigenvalue weighted by molar-refractivity contribution is 7.89. The van der Waals surface area contributed by atoms with Crippen molar-refractivity contribution in [2.75, 3.05) is 6.54 Å². The maximum Gasteiger partial charge on any atom is 0.254 e. The lowest BCUT2D eigenvalue weighted by atomic mass is 9.93. The predicted molar refractivity (Wildman–Crippen MR) is 115 cm³/mol. The van der Waals surface area contributed by atoms with E-state index in [4.69, 9.17) is 0 Å². The van der Waals surface area contributed by atoms with E-state index in [1.165, 1.54) is 12.5 Å². The summed E-state index contributed by atoms with van der Waals surface area (Å²) in [6.45, 7) is 4.58. The lowest BCUT2D eigenvalue weighted by molar-refractivity contribution is 0.0647. The van der Waals surface area contributed by atoms with Gasteiger partial charge in [0.1, 0.15) is 0 Å². The van der Waals surface area contributed by atoms with E-state index in [0.29, 0.717) is 17.7 Å². The van der Waals surface area contributed by atoms with Crippen LogP contribution in [0.25, 0.3) is 0 Å². The third kappa shape index (κ3) is 5.25. The van der Waals surface area contributed by atoms with E-state index < -0.39 is 10.0 Å². The largest absolute Gasteiger partial charge is 0.336 e. The van der Waals surface area contributed by atoms with E-state index >= 15 is 0 Å². The van der Waals surface area contributed by atoms with Crippen LogP contribution in [0.5, 0.6) is 0 Å². The van der Waals surface area contributed by atoms with Crippen molar-refractivity contribution in [3.05, 3.63) is 65.2 Å². The first-order chi connectivity index (χ1) is 13.9. The van der Waals surface area contributed by atoms with Crippen LogP contribution < -0.4 is 4.72 Å². The molecule has 1 aliphatic carbocycles. The molecule has 5 nitrogen and oxygen atoms in total. The number of hydrogen-bond acceptors (Lipinski definition) is 3. The maximum atomic E-state index is 13.2. The van der Waals surface area contributed by atoms with Crippen LogP contribution in [0.15, 0.2) is 53.4 Å². The Balaban J connectivity index is 1.81. The molecule has 0 unspecified atom stereocenters. The zero-order valence-electron chi connectivity index (χ0n) is 17.2. The molecule has 6 heteroatoms. The summed E-state index contributed by atoms with van der Waals surface area (Å²) in [5, 5.41) is 0. The van der Waals surface area contributed by atoms with Gasteiger partial charge in [-0.3, -0.25) is 4.79 Å². The first-order valence-corrected chi connectivity index (χ1v) is 11.9. The van der Waals surface area contributed by atoms with Gasteiger partial charge in [-0.25, -0.2) is 13.1 Å². The highest BCUT2D eigenvalue weighted by Gasteiger charge is 2.26. The Morgan fingerprint density at radius 3 is 2.41 bits per heavy atom. The van der Waals surface area contributed by atoms with E-state index in [-0.39, 0.29) is 23.4 Å². The van der Waals surface area contributed by atoms with Gasteiger partial charge in [0, 0.05) is 24.7 Å². The Kier molecular flexibility index (Phi) is 7.09. The van der Waals surface area contributed by atoms with E-state index in [9.17, 15) is 13.2 Å². The number of nitrogens with one attached hydrogen (secondary N) is 1. The number of sulfonamides is 1. The second-order valence-corrected chi connectivity index (χ2v) is 9.41. The zero-order valence-corrected chi connectivity index (χ0v) is 18.0. The van der Waals surface area contributed by atoms with Gasteiger partial charge >= 0.3 is 0 Å². The first kappa shape index (κ1) is 21.5. The van der Waals surface area contributed by atoms with Gasteiger partial charge in [0.2, 0.25) is 10.0 Å². The number of carbonyl (C=O) groups is 1. The van der Waals surface area contributed by atoms with Gasteiger partial charge in [-0.15, -0.1) is 0 Å². The minimum atomic E-state index is -3.72. The third-order valence-electron chi connectivity index (χ3n) is 5.65. The number of rotatable bonds is 7. The van der Waals surface area contributed by atoms with Crippen molar-refractivity contribution in [1.82, 2.24) is 9.62 Å². The number of aryl methyl sites for hydroxylation is 1. The molecule has 0 aromatic heterocycles. The molecule has 1 saturated carbocycles. The van der Waals surface area contributed by atoms with E-state index in [1.807, 2.05) is 42.2 Å². The Hall–Kier alpha value is -2.18. The molecular weight excluding hydrogens is 384 g/mol. The molecule has 0 saturated heterocycles. The number of benzene rings is 2. The molecule has 0 aliphatic heterocycles. The van der Waals surface area contributed by atoms with Crippen molar-refractivity contribution in [3.8, 4) is 0 Å². The maximum absolute atomic E-state index is 13.2. The van der Waals surface area contributed by atoms with Gasteiger partial charge in [-0.05, 0) is 49.9 Å². The average molecular weight is 415 g/mol. The Morgan fingerprint density at radius 1 is 1.07 bits per heavy atom. The fraction of sp³-hybridized carbons (Fsp3) is 0.435. The van der Waals surface area contributed by atoms with Crippen LogP contribution in [-0.2, 0) is 16.6 Å². The molecule has 1 N–H and O–H groups in total. The number of carbonyl (C=O) groups excluding carboxylic acids is 1. The van der Waals surface area contributed by atoms with Crippen LogP contribution >= 0.6 is 0 Å². The summed E-state index contributed by atoms with van der Waals surface area (Å²) >= 11 is 0. The Labute approximate surface area is 174 Å². The van der Waals surface area contributed by atoms with E-state index in [1.54, 1.807) is 19.1 Å². The van der Waals surface area contributed by atoms with Crippen molar-refractivity contribution >= 4 is 15.9 Å². The van der Waals surface area contributed by atoms with Gasteiger partial charge in [-0.1, -0.05) is 55.7 Å². The van der Waals surface area contributed by atoms with Crippen LogP contribution in [0.3, 0.4) is 0 Å². The second-order valence-electron chi connectivity index (χ2n) is 7.67. The van der Waals surface area contributed by atoms with Crippen molar-refractivity contribution in [2.45, 2.75) is 63.4 Å². The molecule has 1 amide bonds. The van der Waals surface area contributed by atoms with Gasteiger partial charge in [0.15, 0.2) is 0 Å². The summed E-state index contributed by atoms with van der Waals surface area (Å²) in [5.41, 5.74) is 1.95. The predicted octanol–water partition coefficient (Wildman–Crippen LogP) is 4.27. The summed E-state index contributed by atoms with van der Waals surface area (Å²) in [5.74, 6) is -0.0843. The highest BCUT2D eigenvalue weighted by atomic mass is 32.2. The highest BCUT2D eigenvalue weighted by Crippen LogP contribution is 2.25. The van der Waals surface area contributed by atoms with Crippen molar-refractivity contribution in [1.29, 1.82) is 0 Å². The third-order valence-corrected chi connectivity index (χ3v) is 7.19. The van der Waals surface area contributed by atoms with Crippen LogP contribution in [0.2, 0.25) is 0 Å². The lowest BCUT2D eigenvalue weighted by Gasteiger charge is -2.33. The molecule has 0 bridgehead atoms. The van der Waals surface area contributed by atoms with Crippen molar-refractivity contribution < 1.29 is 13.2 Å². The van der Waals surface area contributed by atoms with Gasteiger partial charge in [0.25, 0.3) is 5.91 Å². The number of amides is 1. The van der Waals surface area contributed by atoms with Gasteiger partial charge in [0.05, 0.1) is 4.90 Å². The molecule has 0 radical (unpaired) electrons. The molecule has 0 atom stereocenters. The number of nitrogens with zero attached hydrogens (tertiary/aromatic N) is 1. The smallest absolute Gasteiger partial charge is 0.254 e. The minimum absolute atomic E-state index is 0.0843. The molecule has 2 aromatic rings. The SMILES string of the molecule is CCN(C(=O)c1ccc(C)c(S(=O)(=O)NCc2ccccc2)c1)C1CCCCC1. The summed E-state index contributed by atoms with van der Waals surface area (Å²) in [6.07, 6.45) is 5.56. The quantitative estimate of drug-likeness (QED) is 0.736. The van der Waals surface area contributed by atoms with Crippen LogP contribution in [-0.4, -0.2) is 31.8 Å². The standard InChI is InChI=1S/C23H30N2O3S/c1-3-25(21-12-8-5-9-13-21)23(26)20-15-14-18(2)22(16-20)29(27,28)24-17-19-10-6-4-7-11-19/h4,6-7,10-11,14-16,21,24H,3,5,8-9,12-13,17H2,1-2H3. The molecule has 0 heterocycles. The van der Waals surface area contributed by atoms with Crippen molar-refractivity contribution in [3.63, 3.8) is 0 Å². The fourth-order valence-corrected chi connectivity index (χ4v) is 5.29. The molecule has 3 rings (SSSR count). The van der Waals surface area contributed by atoms with Crippen LogP contribution in [0, 0.1) is 6.92 Å².